The first-order valence-electron chi connectivity index (χ1n) is 6.60. The quantitative estimate of drug-likeness (QED) is 0.810. The Morgan fingerprint density at radius 2 is 1.83 bits per heavy atom. The molecule has 0 aliphatic rings. The highest BCUT2D eigenvalue weighted by molar-refractivity contribution is 5.81. The van der Waals surface area contributed by atoms with Crippen molar-refractivity contribution in [3.63, 3.8) is 0 Å². The summed E-state index contributed by atoms with van der Waals surface area (Å²) in [6, 6.07) is 9.85. The monoisotopic (exact) mass is 248 g/mol. The smallest absolute Gasteiger partial charge is 0.237 e. The van der Waals surface area contributed by atoms with E-state index < -0.39 is 6.04 Å². The standard InChI is InChI=1S/C15H24N2O/c1-11(2)12(3)17-15(18)14(16)10-9-13-7-5-4-6-8-13/h4-8,11-12,14H,9-10,16H2,1-3H3,(H,17,18)/t12?,14-/m0/s1. The van der Waals surface area contributed by atoms with Gasteiger partial charge in [-0.2, -0.15) is 0 Å². The van der Waals surface area contributed by atoms with E-state index in [1.165, 1.54) is 5.56 Å². The predicted molar refractivity (Wildman–Crippen MR) is 75.2 cm³/mol. The predicted octanol–water partition coefficient (Wildman–Crippen LogP) is 2.11. The highest BCUT2D eigenvalue weighted by Crippen LogP contribution is 2.05. The molecular formula is C15H24N2O. The highest BCUT2D eigenvalue weighted by atomic mass is 16.2. The molecule has 1 unspecified atom stereocenters. The van der Waals surface area contributed by atoms with Crippen LogP contribution in [0.1, 0.15) is 32.8 Å². The van der Waals surface area contributed by atoms with Crippen LogP contribution in [-0.2, 0) is 11.2 Å². The van der Waals surface area contributed by atoms with E-state index >= 15 is 0 Å². The third kappa shape index (κ3) is 4.88. The molecule has 3 nitrogen and oxygen atoms in total. The van der Waals surface area contributed by atoms with Gasteiger partial charge in [-0.1, -0.05) is 44.2 Å². The minimum Gasteiger partial charge on any atom is -0.352 e. The molecule has 0 bridgehead atoms. The minimum atomic E-state index is -0.425. The lowest BCUT2D eigenvalue weighted by atomic mass is 10.0. The van der Waals surface area contributed by atoms with Crippen LogP contribution < -0.4 is 11.1 Å². The van der Waals surface area contributed by atoms with Crippen molar-refractivity contribution in [3.05, 3.63) is 35.9 Å². The van der Waals surface area contributed by atoms with Crippen LogP contribution in [0.5, 0.6) is 0 Å². The van der Waals surface area contributed by atoms with Crippen molar-refractivity contribution in [1.82, 2.24) is 5.32 Å². The molecule has 1 amide bonds. The van der Waals surface area contributed by atoms with Crippen molar-refractivity contribution in [3.8, 4) is 0 Å². The van der Waals surface area contributed by atoms with Crippen molar-refractivity contribution in [2.24, 2.45) is 11.7 Å². The molecule has 2 atom stereocenters. The summed E-state index contributed by atoms with van der Waals surface area (Å²) in [4.78, 5) is 11.8. The zero-order chi connectivity index (χ0) is 13.5. The third-order valence-electron chi connectivity index (χ3n) is 3.29. The van der Waals surface area contributed by atoms with Crippen molar-refractivity contribution >= 4 is 5.91 Å². The first kappa shape index (κ1) is 14.7. The second-order valence-electron chi connectivity index (χ2n) is 5.17. The SMILES string of the molecule is CC(C)C(C)NC(=O)[C@@H](N)CCc1ccccc1. The number of hydrogen-bond acceptors (Lipinski definition) is 2. The van der Waals surface area contributed by atoms with E-state index in [2.05, 4.69) is 31.3 Å². The molecule has 3 heteroatoms. The minimum absolute atomic E-state index is 0.0490. The Bertz CT molecular complexity index is 362. The molecule has 0 fully saturated rings. The molecule has 0 saturated carbocycles. The van der Waals surface area contributed by atoms with Crippen LogP contribution in [0.3, 0.4) is 0 Å². The Hall–Kier alpha value is -1.35. The Kier molecular flexibility index (Phi) is 5.86. The normalized spacial score (nSPS) is 14.3. The van der Waals surface area contributed by atoms with Crippen molar-refractivity contribution in [2.45, 2.75) is 45.7 Å². The largest absolute Gasteiger partial charge is 0.352 e. The summed E-state index contributed by atoms with van der Waals surface area (Å²) >= 11 is 0. The fraction of sp³-hybridized carbons (Fsp3) is 0.533. The van der Waals surface area contributed by atoms with E-state index in [4.69, 9.17) is 5.73 Å². The van der Waals surface area contributed by atoms with Gasteiger partial charge in [0.05, 0.1) is 6.04 Å². The van der Waals surface area contributed by atoms with Crippen molar-refractivity contribution in [2.75, 3.05) is 0 Å². The zero-order valence-electron chi connectivity index (χ0n) is 11.5. The number of nitrogens with one attached hydrogen (secondary N) is 1. The first-order valence-corrected chi connectivity index (χ1v) is 6.60. The number of carbonyl (C=O) groups excluding carboxylic acids is 1. The Balaban J connectivity index is 2.36. The van der Waals surface area contributed by atoms with Gasteiger partial charge in [-0.05, 0) is 31.2 Å². The van der Waals surface area contributed by atoms with Crippen LogP contribution in [0, 0.1) is 5.92 Å². The van der Waals surface area contributed by atoms with Gasteiger partial charge in [-0.3, -0.25) is 4.79 Å². The molecule has 0 radical (unpaired) electrons. The van der Waals surface area contributed by atoms with Gasteiger partial charge in [0.2, 0.25) is 5.91 Å². The van der Waals surface area contributed by atoms with Crippen LogP contribution >= 0.6 is 0 Å². The number of nitrogens with two attached hydrogens (primary N) is 1. The number of benzene rings is 1. The molecule has 0 saturated heterocycles. The average molecular weight is 248 g/mol. The topological polar surface area (TPSA) is 55.1 Å². The lowest BCUT2D eigenvalue weighted by Gasteiger charge is -2.20. The molecule has 1 aromatic rings. The van der Waals surface area contributed by atoms with Crippen LogP contribution in [-0.4, -0.2) is 18.0 Å². The molecular weight excluding hydrogens is 224 g/mol. The summed E-state index contributed by atoms with van der Waals surface area (Å²) < 4.78 is 0. The summed E-state index contributed by atoms with van der Waals surface area (Å²) in [6.07, 6.45) is 1.52. The van der Waals surface area contributed by atoms with Crippen LogP contribution in [0.4, 0.5) is 0 Å². The summed E-state index contributed by atoms with van der Waals surface area (Å²) in [5, 5.41) is 2.95. The van der Waals surface area contributed by atoms with Crippen LogP contribution in [0.15, 0.2) is 30.3 Å². The molecule has 0 spiro atoms. The maximum atomic E-state index is 11.8. The number of amides is 1. The molecule has 0 aliphatic heterocycles. The van der Waals surface area contributed by atoms with E-state index in [9.17, 15) is 4.79 Å². The number of rotatable bonds is 6. The number of aryl methyl sites for hydroxylation is 1. The van der Waals surface area contributed by atoms with E-state index in [0.29, 0.717) is 12.3 Å². The average Bonchev–Trinajstić information content (AvgIpc) is 2.36. The Labute approximate surface area is 110 Å². The highest BCUT2D eigenvalue weighted by Gasteiger charge is 2.16. The number of hydrogen-bond donors (Lipinski definition) is 2. The van der Waals surface area contributed by atoms with Gasteiger partial charge in [0, 0.05) is 6.04 Å². The molecule has 0 heterocycles. The van der Waals surface area contributed by atoms with Gasteiger partial charge in [0.15, 0.2) is 0 Å². The maximum Gasteiger partial charge on any atom is 0.237 e. The summed E-state index contributed by atoms with van der Waals surface area (Å²) in [7, 11) is 0. The van der Waals surface area contributed by atoms with Gasteiger partial charge >= 0.3 is 0 Å². The second kappa shape index (κ2) is 7.17. The Morgan fingerprint density at radius 3 is 2.39 bits per heavy atom. The Morgan fingerprint density at radius 1 is 1.22 bits per heavy atom. The molecule has 3 N–H and O–H groups in total. The maximum absolute atomic E-state index is 11.8. The van der Waals surface area contributed by atoms with Gasteiger partial charge in [0.1, 0.15) is 0 Å². The van der Waals surface area contributed by atoms with Crippen molar-refractivity contribution in [1.29, 1.82) is 0 Å². The fourth-order valence-corrected chi connectivity index (χ4v) is 1.60. The lowest BCUT2D eigenvalue weighted by Crippen LogP contribution is -2.46. The van der Waals surface area contributed by atoms with Crippen LogP contribution in [0.2, 0.25) is 0 Å². The third-order valence-corrected chi connectivity index (χ3v) is 3.29. The molecule has 100 valence electrons. The molecule has 1 aromatic carbocycles. The fourth-order valence-electron chi connectivity index (χ4n) is 1.60. The lowest BCUT2D eigenvalue weighted by molar-refractivity contribution is -0.123. The van der Waals surface area contributed by atoms with Gasteiger partial charge in [-0.25, -0.2) is 0 Å². The van der Waals surface area contributed by atoms with Crippen LogP contribution in [0.25, 0.3) is 0 Å². The molecule has 0 aromatic heterocycles. The van der Waals surface area contributed by atoms with E-state index in [-0.39, 0.29) is 11.9 Å². The number of carbonyl (C=O) groups is 1. The van der Waals surface area contributed by atoms with E-state index in [1.54, 1.807) is 0 Å². The second-order valence-corrected chi connectivity index (χ2v) is 5.17. The van der Waals surface area contributed by atoms with E-state index in [0.717, 1.165) is 6.42 Å². The molecule has 1 rings (SSSR count). The molecule has 0 aliphatic carbocycles. The van der Waals surface area contributed by atoms with Gasteiger partial charge < -0.3 is 11.1 Å². The molecule has 18 heavy (non-hydrogen) atoms. The van der Waals surface area contributed by atoms with Gasteiger partial charge in [-0.15, -0.1) is 0 Å². The zero-order valence-corrected chi connectivity index (χ0v) is 11.5. The first-order chi connectivity index (χ1) is 8.50. The summed E-state index contributed by atoms with van der Waals surface area (Å²) in [6.45, 7) is 6.17. The van der Waals surface area contributed by atoms with E-state index in [1.807, 2.05) is 25.1 Å². The summed E-state index contributed by atoms with van der Waals surface area (Å²) in [5.74, 6) is 0.377. The van der Waals surface area contributed by atoms with Gasteiger partial charge in [0.25, 0.3) is 0 Å². The van der Waals surface area contributed by atoms with Crippen molar-refractivity contribution < 1.29 is 4.79 Å². The summed E-state index contributed by atoms with van der Waals surface area (Å²) in [5.41, 5.74) is 7.12.